The van der Waals surface area contributed by atoms with Crippen LogP contribution < -0.4 is 26.2 Å². The number of carbonyl (C=O) groups excluding carboxylic acids is 7. The number of amides is 7. The van der Waals surface area contributed by atoms with Gasteiger partial charge >= 0.3 is 0 Å². The van der Waals surface area contributed by atoms with Crippen LogP contribution in [0.3, 0.4) is 0 Å². The topological polar surface area (TPSA) is 227 Å². The van der Waals surface area contributed by atoms with Crippen LogP contribution in [0.15, 0.2) is 72.8 Å². The van der Waals surface area contributed by atoms with Crippen LogP contribution in [-0.2, 0) is 40.5 Å². The molecule has 0 spiro atoms. The molecule has 7 amide bonds. The van der Waals surface area contributed by atoms with E-state index in [4.69, 9.17) is 4.74 Å². The second kappa shape index (κ2) is 20.1. The van der Waals surface area contributed by atoms with Gasteiger partial charge in [0.1, 0.15) is 17.6 Å². The van der Waals surface area contributed by atoms with Crippen molar-refractivity contribution in [2.45, 2.75) is 49.5 Å². The highest BCUT2D eigenvalue weighted by molar-refractivity contribution is 8.00. The van der Waals surface area contributed by atoms with Crippen molar-refractivity contribution in [2.24, 2.45) is 11.8 Å². The van der Waals surface area contributed by atoms with Crippen LogP contribution in [0.1, 0.15) is 67.5 Å². The van der Waals surface area contributed by atoms with Gasteiger partial charge in [0.15, 0.2) is 0 Å². The summed E-state index contributed by atoms with van der Waals surface area (Å²) < 4.78 is 31.5. The number of piperidine rings is 1. The molecule has 360 valence electrons. The molecule has 68 heavy (non-hydrogen) atoms. The standard InChI is InChI=1S/C47H55N9O10S2/c1-68(64,65)55-16-15-33(25-55)41(58)48-37(42(59)51-47-49-38(28-67-47)31-5-3-2-4-6-31)27-66-26-29-7-9-32(10-8-29)44(61)53-19-17-52(18-20-53)22-30-23-54(24-30)34-11-12-35-36(21-34)46(63)56(45(35)62)39-13-14-40(57)50-43(39)60/h2-12,21,30,33,37-39,47,49H,13-20,22-28H2,1H3,(H,48,58)(H,51,59)(H,50,57,60)/t33?,37-,38?,39?,47?/m0/s1. The van der Waals surface area contributed by atoms with Gasteiger partial charge in [0.2, 0.25) is 33.7 Å². The maximum absolute atomic E-state index is 13.6. The third kappa shape index (κ3) is 10.5. The predicted octanol–water partition coefficient (Wildman–Crippen LogP) is 0.742. The number of benzene rings is 3. The predicted molar refractivity (Wildman–Crippen MR) is 250 cm³/mol. The normalized spacial score (nSPS) is 24.2. The molecule has 0 radical (unpaired) electrons. The van der Waals surface area contributed by atoms with Crippen LogP contribution in [-0.4, -0.2) is 164 Å². The van der Waals surface area contributed by atoms with Crippen molar-refractivity contribution >= 4 is 68.8 Å². The number of piperazine rings is 1. The van der Waals surface area contributed by atoms with Crippen molar-refractivity contribution in [3.8, 4) is 0 Å². The van der Waals surface area contributed by atoms with E-state index in [-0.39, 0.29) is 62.2 Å². The van der Waals surface area contributed by atoms with Crippen molar-refractivity contribution in [1.82, 2.24) is 40.3 Å². The Labute approximate surface area is 398 Å². The lowest BCUT2D eigenvalue weighted by atomic mass is 9.97. The van der Waals surface area contributed by atoms with E-state index in [1.807, 2.05) is 53.4 Å². The number of hydrogen-bond donors (Lipinski definition) is 4. The van der Waals surface area contributed by atoms with Gasteiger partial charge in [0.05, 0.1) is 36.5 Å². The summed E-state index contributed by atoms with van der Waals surface area (Å²) in [5.74, 6) is -2.48. The third-order valence-corrected chi connectivity index (χ3v) is 15.9. The highest BCUT2D eigenvalue weighted by atomic mass is 32.2. The van der Waals surface area contributed by atoms with Crippen LogP contribution in [0.5, 0.6) is 0 Å². The van der Waals surface area contributed by atoms with Crippen molar-refractivity contribution in [2.75, 3.05) is 82.4 Å². The first-order valence-electron chi connectivity index (χ1n) is 23.0. The first kappa shape index (κ1) is 47.4. The average molecular weight is 970 g/mol. The minimum atomic E-state index is -3.46. The number of ether oxygens (including phenoxy) is 1. The van der Waals surface area contributed by atoms with Gasteiger partial charge in [-0.05, 0) is 54.3 Å². The molecule has 4 unspecified atom stereocenters. The molecule has 6 aliphatic rings. The molecule has 3 aromatic carbocycles. The minimum absolute atomic E-state index is 0.0440. The zero-order valence-corrected chi connectivity index (χ0v) is 39.3. The third-order valence-electron chi connectivity index (χ3n) is 13.6. The van der Waals surface area contributed by atoms with Gasteiger partial charge in [0, 0.05) is 94.3 Å². The largest absolute Gasteiger partial charge is 0.374 e. The number of fused-ring (bicyclic) bond motifs is 1. The van der Waals surface area contributed by atoms with E-state index in [0.717, 1.165) is 66.4 Å². The van der Waals surface area contributed by atoms with Crippen molar-refractivity contribution in [3.63, 3.8) is 0 Å². The van der Waals surface area contributed by atoms with Gasteiger partial charge in [0.25, 0.3) is 17.7 Å². The Bertz CT molecular complexity index is 2570. The molecule has 0 aliphatic carbocycles. The van der Waals surface area contributed by atoms with Crippen LogP contribution >= 0.6 is 11.8 Å². The molecule has 4 N–H and O–H groups in total. The summed E-state index contributed by atoms with van der Waals surface area (Å²) in [6.45, 7) is 5.29. The fourth-order valence-corrected chi connectivity index (χ4v) is 11.7. The summed E-state index contributed by atoms with van der Waals surface area (Å²) in [7, 11) is -3.46. The minimum Gasteiger partial charge on any atom is -0.374 e. The number of thioether (sulfide) groups is 1. The molecule has 0 aromatic heterocycles. The fourth-order valence-electron chi connectivity index (χ4n) is 9.65. The molecule has 5 saturated heterocycles. The van der Waals surface area contributed by atoms with E-state index < -0.39 is 69.0 Å². The van der Waals surface area contributed by atoms with E-state index in [9.17, 15) is 42.0 Å². The summed E-state index contributed by atoms with van der Waals surface area (Å²) in [5.41, 5.74) is 3.38. The van der Waals surface area contributed by atoms with E-state index in [1.165, 1.54) is 4.31 Å². The molecular weight excluding hydrogens is 915 g/mol. The maximum atomic E-state index is 13.6. The monoisotopic (exact) mass is 969 g/mol. The Balaban J connectivity index is 0.721. The highest BCUT2D eigenvalue weighted by Crippen LogP contribution is 2.34. The van der Waals surface area contributed by atoms with Gasteiger partial charge in [-0.15, -0.1) is 11.8 Å². The molecule has 19 nitrogen and oxygen atoms in total. The highest BCUT2D eigenvalue weighted by Gasteiger charge is 2.45. The molecule has 21 heteroatoms. The molecular formula is C47H55N9O10S2. The summed E-state index contributed by atoms with van der Waals surface area (Å²) in [5, 5.41) is 11.4. The number of rotatable bonds is 15. The lowest BCUT2D eigenvalue weighted by molar-refractivity contribution is -0.136. The number of nitrogens with zero attached hydrogens (tertiary/aromatic N) is 5. The summed E-state index contributed by atoms with van der Waals surface area (Å²) in [6, 6.07) is 20.2. The molecule has 6 heterocycles. The average Bonchev–Trinajstić information content (AvgIpc) is 4.07. The van der Waals surface area contributed by atoms with Crippen molar-refractivity contribution in [1.29, 1.82) is 0 Å². The van der Waals surface area contributed by atoms with Gasteiger partial charge in [-0.25, -0.2) is 12.7 Å². The number of sulfonamides is 1. The lowest BCUT2D eigenvalue weighted by Gasteiger charge is -2.45. The Hall–Kier alpha value is -5.71. The second-order valence-corrected chi connectivity index (χ2v) is 21.4. The van der Waals surface area contributed by atoms with Crippen LogP contribution in [0.4, 0.5) is 5.69 Å². The van der Waals surface area contributed by atoms with E-state index in [0.29, 0.717) is 31.0 Å². The van der Waals surface area contributed by atoms with Crippen LogP contribution in [0, 0.1) is 11.8 Å². The molecule has 5 fully saturated rings. The quantitative estimate of drug-likeness (QED) is 0.154. The van der Waals surface area contributed by atoms with E-state index >= 15 is 0 Å². The smallest absolute Gasteiger partial charge is 0.262 e. The summed E-state index contributed by atoms with van der Waals surface area (Å²) in [6.07, 6.45) is 1.63. The number of anilines is 1. The number of imide groups is 2. The van der Waals surface area contributed by atoms with E-state index in [2.05, 4.69) is 31.1 Å². The molecule has 5 atom stereocenters. The van der Waals surface area contributed by atoms with Gasteiger partial charge in [-0.1, -0.05) is 42.5 Å². The molecule has 0 bridgehead atoms. The van der Waals surface area contributed by atoms with Gasteiger partial charge in [-0.2, -0.15) is 0 Å². The Morgan fingerprint density at radius 3 is 2.31 bits per heavy atom. The summed E-state index contributed by atoms with van der Waals surface area (Å²) >= 11 is 1.55. The van der Waals surface area contributed by atoms with Crippen LogP contribution in [0.25, 0.3) is 0 Å². The molecule has 0 saturated carbocycles. The zero-order chi connectivity index (χ0) is 47.7. The van der Waals surface area contributed by atoms with Gasteiger partial charge < -0.3 is 25.2 Å². The Morgan fingerprint density at radius 2 is 1.60 bits per heavy atom. The molecule has 9 rings (SSSR count). The number of hydrogen-bond acceptors (Lipinski definition) is 14. The zero-order valence-electron chi connectivity index (χ0n) is 37.6. The van der Waals surface area contributed by atoms with Crippen molar-refractivity contribution in [3.05, 3.63) is 101 Å². The van der Waals surface area contributed by atoms with E-state index in [1.54, 1.807) is 36.0 Å². The molecule has 6 aliphatic heterocycles. The number of nitrogens with one attached hydrogen (secondary N) is 4. The maximum Gasteiger partial charge on any atom is 0.262 e. The first-order valence-corrected chi connectivity index (χ1v) is 25.9. The summed E-state index contributed by atoms with van der Waals surface area (Å²) in [4.78, 5) is 98.4. The fraction of sp³-hybridized carbons (Fsp3) is 0.468. The van der Waals surface area contributed by atoms with Gasteiger partial charge in [-0.3, -0.25) is 54.0 Å². The first-order chi connectivity index (χ1) is 32.7. The van der Waals surface area contributed by atoms with Crippen molar-refractivity contribution < 1.29 is 46.7 Å². The SMILES string of the molecule is CS(=O)(=O)N1CCC(C(=O)N[C@@H](COCc2ccc(C(=O)N3CCN(CC4CN(c5ccc6c(c5)C(=O)N(C5CCC(=O)NC5=O)C6=O)C4)CC3)cc2)C(=O)NC2NC(c3ccccc3)CS2)C1. The van der Waals surface area contributed by atoms with Crippen LogP contribution in [0.2, 0.25) is 0 Å². The number of carbonyl (C=O) groups is 7. The Kier molecular flexibility index (Phi) is 14.0. The second-order valence-electron chi connectivity index (χ2n) is 18.3. The molecule has 3 aromatic rings. The Morgan fingerprint density at radius 1 is 0.868 bits per heavy atom. The lowest BCUT2D eigenvalue weighted by Crippen LogP contribution is -2.55.